The predicted molar refractivity (Wildman–Crippen MR) is 88.9 cm³/mol. The Morgan fingerprint density at radius 3 is 2.38 bits per heavy atom. The lowest BCUT2D eigenvalue weighted by molar-refractivity contribution is 0.413. The van der Waals surface area contributed by atoms with Crippen molar-refractivity contribution in [3.8, 4) is 5.75 Å². The summed E-state index contributed by atoms with van der Waals surface area (Å²) < 4.78 is 5.28. The van der Waals surface area contributed by atoms with Crippen LogP contribution in [0.5, 0.6) is 5.75 Å². The molecule has 112 valence electrons. The lowest BCUT2D eigenvalue weighted by Gasteiger charge is -2.17. The van der Waals surface area contributed by atoms with Gasteiger partial charge < -0.3 is 10.1 Å². The van der Waals surface area contributed by atoms with Crippen LogP contribution in [0.1, 0.15) is 43.4 Å². The first-order valence-electron chi connectivity index (χ1n) is 7.63. The van der Waals surface area contributed by atoms with Crippen LogP contribution < -0.4 is 10.1 Å². The SMILES string of the molecule is COc1cccc([C@H](C)NCCC(C)c2ccccc2)c1. The van der Waals surface area contributed by atoms with Crippen molar-refractivity contribution in [2.24, 2.45) is 0 Å². The highest BCUT2D eigenvalue weighted by Gasteiger charge is 2.08. The van der Waals surface area contributed by atoms with Crippen LogP contribution in [-0.4, -0.2) is 13.7 Å². The first-order chi connectivity index (χ1) is 10.2. The van der Waals surface area contributed by atoms with Gasteiger partial charge in [-0.1, -0.05) is 49.4 Å². The minimum atomic E-state index is 0.336. The van der Waals surface area contributed by atoms with Gasteiger partial charge >= 0.3 is 0 Å². The average Bonchev–Trinajstić information content (AvgIpc) is 2.55. The Kier molecular flexibility index (Phi) is 5.82. The molecule has 2 rings (SSSR count). The van der Waals surface area contributed by atoms with Gasteiger partial charge in [0.05, 0.1) is 7.11 Å². The van der Waals surface area contributed by atoms with E-state index in [1.165, 1.54) is 11.1 Å². The molecule has 2 aromatic rings. The molecule has 2 heteroatoms. The van der Waals surface area contributed by atoms with Crippen LogP contribution in [0.2, 0.25) is 0 Å². The van der Waals surface area contributed by atoms with Gasteiger partial charge in [-0.05, 0) is 49.1 Å². The maximum absolute atomic E-state index is 5.28. The Morgan fingerprint density at radius 1 is 0.952 bits per heavy atom. The van der Waals surface area contributed by atoms with Crippen molar-refractivity contribution < 1.29 is 4.74 Å². The van der Waals surface area contributed by atoms with Crippen LogP contribution in [-0.2, 0) is 0 Å². The van der Waals surface area contributed by atoms with E-state index in [0.29, 0.717) is 12.0 Å². The number of rotatable bonds is 7. The molecule has 2 atom stereocenters. The Hall–Kier alpha value is -1.80. The molecule has 0 aliphatic heterocycles. The molecule has 0 aromatic heterocycles. The molecule has 0 heterocycles. The molecular weight excluding hydrogens is 258 g/mol. The second-order valence-corrected chi connectivity index (χ2v) is 5.55. The van der Waals surface area contributed by atoms with Gasteiger partial charge in [0.1, 0.15) is 5.75 Å². The normalized spacial score (nSPS) is 13.7. The third-order valence-electron chi connectivity index (χ3n) is 3.99. The minimum Gasteiger partial charge on any atom is -0.497 e. The number of hydrogen-bond acceptors (Lipinski definition) is 2. The maximum Gasteiger partial charge on any atom is 0.119 e. The second kappa shape index (κ2) is 7.84. The molecule has 0 amide bonds. The summed E-state index contributed by atoms with van der Waals surface area (Å²) in [7, 11) is 1.71. The van der Waals surface area contributed by atoms with E-state index in [-0.39, 0.29) is 0 Å². The van der Waals surface area contributed by atoms with Crippen molar-refractivity contribution in [3.05, 3.63) is 65.7 Å². The van der Waals surface area contributed by atoms with Crippen molar-refractivity contribution in [1.82, 2.24) is 5.32 Å². The van der Waals surface area contributed by atoms with Crippen LogP contribution in [0.3, 0.4) is 0 Å². The molecule has 0 aliphatic rings. The van der Waals surface area contributed by atoms with E-state index >= 15 is 0 Å². The highest BCUT2D eigenvalue weighted by atomic mass is 16.5. The third-order valence-corrected chi connectivity index (χ3v) is 3.99. The molecule has 0 spiro atoms. The van der Waals surface area contributed by atoms with Crippen LogP contribution >= 0.6 is 0 Å². The monoisotopic (exact) mass is 283 g/mol. The molecule has 0 saturated heterocycles. The van der Waals surface area contributed by atoms with E-state index in [1.54, 1.807) is 7.11 Å². The van der Waals surface area contributed by atoms with Crippen LogP contribution in [0.15, 0.2) is 54.6 Å². The van der Waals surface area contributed by atoms with Gasteiger partial charge in [0, 0.05) is 6.04 Å². The fourth-order valence-electron chi connectivity index (χ4n) is 2.49. The number of nitrogens with one attached hydrogen (secondary N) is 1. The lowest BCUT2D eigenvalue weighted by atomic mass is 9.97. The summed E-state index contributed by atoms with van der Waals surface area (Å²) >= 11 is 0. The number of benzene rings is 2. The van der Waals surface area contributed by atoms with Crippen LogP contribution in [0.25, 0.3) is 0 Å². The van der Waals surface area contributed by atoms with Gasteiger partial charge in [0.15, 0.2) is 0 Å². The zero-order chi connectivity index (χ0) is 15.1. The van der Waals surface area contributed by atoms with Crippen molar-refractivity contribution in [1.29, 1.82) is 0 Å². The Balaban J connectivity index is 1.82. The second-order valence-electron chi connectivity index (χ2n) is 5.55. The molecule has 0 bridgehead atoms. The zero-order valence-corrected chi connectivity index (χ0v) is 13.2. The highest BCUT2D eigenvalue weighted by Crippen LogP contribution is 2.20. The summed E-state index contributed by atoms with van der Waals surface area (Å²) in [6, 6.07) is 19.3. The van der Waals surface area contributed by atoms with E-state index in [0.717, 1.165) is 18.7 Å². The maximum atomic E-state index is 5.28. The van der Waals surface area contributed by atoms with Crippen LogP contribution in [0, 0.1) is 0 Å². The van der Waals surface area contributed by atoms with Crippen LogP contribution in [0.4, 0.5) is 0 Å². The minimum absolute atomic E-state index is 0.336. The summed E-state index contributed by atoms with van der Waals surface area (Å²) in [5.74, 6) is 1.50. The van der Waals surface area contributed by atoms with E-state index in [2.05, 4.69) is 61.6 Å². The number of hydrogen-bond donors (Lipinski definition) is 1. The molecule has 2 aromatic carbocycles. The average molecular weight is 283 g/mol. The Morgan fingerprint density at radius 2 is 1.67 bits per heavy atom. The number of ether oxygens (including phenoxy) is 1. The first-order valence-corrected chi connectivity index (χ1v) is 7.63. The summed E-state index contributed by atoms with van der Waals surface area (Å²) in [4.78, 5) is 0. The van der Waals surface area contributed by atoms with Gasteiger partial charge in [0.2, 0.25) is 0 Å². The molecular formula is C19H25NO. The Labute approximate surface area is 128 Å². The molecule has 1 unspecified atom stereocenters. The van der Waals surface area contributed by atoms with E-state index < -0.39 is 0 Å². The fraction of sp³-hybridized carbons (Fsp3) is 0.368. The van der Waals surface area contributed by atoms with Crippen molar-refractivity contribution in [3.63, 3.8) is 0 Å². The lowest BCUT2D eigenvalue weighted by Crippen LogP contribution is -2.21. The largest absolute Gasteiger partial charge is 0.497 e. The smallest absolute Gasteiger partial charge is 0.119 e. The standard InChI is InChI=1S/C19H25NO/c1-15(17-8-5-4-6-9-17)12-13-20-16(2)18-10-7-11-19(14-18)21-3/h4-11,14-16,20H,12-13H2,1-3H3/t15?,16-/m0/s1. The number of methoxy groups -OCH3 is 1. The molecule has 0 fully saturated rings. The van der Waals surface area contributed by atoms with Gasteiger partial charge in [0.25, 0.3) is 0 Å². The summed E-state index contributed by atoms with van der Waals surface area (Å²) in [6.45, 7) is 5.49. The molecule has 2 nitrogen and oxygen atoms in total. The van der Waals surface area contributed by atoms with Crippen molar-refractivity contribution in [2.75, 3.05) is 13.7 Å². The van der Waals surface area contributed by atoms with Gasteiger partial charge in [-0.2, -0.15) is 0 Å². The highest BCUT2D eigenvalue weighted by molar-refractivity contribution is 5.30. The summed E-state index contributed by atoms with van der Waals surface area (Å²) in [6.07, 6.45) is 1.14. The summed E-state index contributed by atoms with van der Waals surface area (Å²) in [5.41, 5.74) is 2.68. The topological polar surface area (TPSA) is 21.3 Å². The van der Waals surface area contributed by atoms with Crippen molar-refractivity contribution >= 4 is 0 Å². The molecule has 0 saturated carbocycles. The Bertz CT molecular complexity index is 538. The fourth-order valence-corrected chi connectivity index (χ4v) is 2.49. The van der Waals surface area contributed by atoms with E-state index in [9.17, 15) is 0 Å². The quantitative estimate of drug-likeness (QED) is 0.805. The van der Waals surface area contributed by atoms with E-state index in [1.807, 2.05) is 12.1 Å². The molecule has 0 aliphatic carbocycles. The zero-order valence-electron chi connectivity index (χ0n) is 13.2. The molecule has 1 N–H and O–H groups in total. The first kappa shape index (κ1) is 15.6. The third kappa shape index (κ3) is 4.61. The van der Waals surface area contributed by atoms with Gasteiger partial charge in [-0.3, -0.25) is 0 Å². The van der Waals surface area contributed by atoms with Gasteiger partial charge in [-0.15, -0.1) is 0 Å². The summed E-state index contributed by atoms with van der Waals surface area (Å²) in [5, 5.41) is 3.60. The molecule has 0 radical (unpaired) electrons. The van der Waals surface area contributed by atoms with Gasteiger partial charge in [-0.25, -0.2) is 0 Å². The predicted octanol–water partition coefficient (Wildman–Crippen LogP) is 4.54. The van der Waals surface area contributed by atoms with E-state index in [4.69, 9.17) is 4.74 Å². The molecule has 21 heavy (non-hydrogen) atoms. The van der Waals surface area contributed by atoms with Crippen molar-refractivity contribution in [2.45, 2.75) is 32.2 Å².